The number of nitrogens with two attached hydrogens (primary N) is 2. The number of benzene rings is 2. The molecule has 1 heterocycles. The predicted molar refractivity (Wildman–Crippen MR) is 108 cm³/mol. The number of fused-ring (bicyclic) bond motifs is 2. The van der Waals surface area contributed by atoms with Crippen LogP contribution < -0.4 is 21.9 Å². The van der Waals surface area contributed by atoms with Gasteiger partial charge in [-0.25, -0.2) is 0 Å². The third-order valence-electron chi connectivity index (χ3n) is 4.55. The van der Waals surface area contributed by atoms with Gasteiger partial charge in [-0.1, -0.05) is 42.5 Å². The highest BCUT2D eigenvalue weighted by Gasteiger charge is 2.10. The number of carbonyl (C=O) groups excluding carboxylic acids is 1. The summed E-state index contributed by atoms with van der Waals surface area (Å²) >= 11 is 0. The molecule has 3 aromatic rings. The summed E-state index contributed by atoms with van der Waals surface area (Å²) in [6.07, 6.45) is 10.8. The second-order valence-electron chi connectivity index (χ2n) is 6.30. The Balaban J connectivity index is 2.05. The first-order chi connectivity index (χ1) is 13.1. The molecule has 0 saturated heterocycles. The molecule has 132 valence electrons. The molecule has 0 spiro atoms. The lowest BCUT2D eigenvalue weighted by Crippen LogP contribution is -2.28. The molecule has 0 fully saturated rings. The van der Waals surface area contributed by atoms with E-state index in [-0.39, 0.29) is 5.96 Å². The lowest BCUT2D eigenvalue weighted by Gasteiger charge is -2.08. The summed E-state index contributed by atoms with van der Waals surface area (Å²) in [5, 5.41) is 4.23. The minimum atomic E-state index is -0.451. The molecule has 1 aliphatic carbocycles. The van der Waals surface area contributed by atoms with Crippen LogP contribution in [0.3, 0.4) is 0 Å². The van der Waals surface area contributed by atoms with E-state index in [4.69, 9.17) is 11.5 Å². The number of carbonyl (C=O) groups is 1. The Hall–Kier alpha value is -3.73. The second-order valence-corrected chi connectivity index (χ2v) is 6.30. The molecular formula is C22H18N4O. The monoisotopic (exact) mass is 354 g/mol. The molecule has 0 aliphatic heterocycles. The highest BCUT2D eigenvalue weighted by Crippen LogP contribution is 2.24. The van der Waals surface area contributed by atoms with Crippen molar-refractivity contribution in [3.63, 3.8) is 0 Å². The van der Waals surface area contributed by atoms with E-state index in [1.807, 2.05) is 36.5 Å². The standard InChI is InChI=1S/C22H18N4O/c23-22(24)26-21(27)15-9-8-14-4-1-2-6-19(20(14)12-15)18-7-3-5-16-13-25-11-10-17(16)18/h2-13H,1H2,(H4,23,24,26,27). The van der Waals surface area contributed by atoms with Crippen LogP contribution in [-0.2, 0) is 0 Å². The van der Waals surface area contributed by atoms with Crippen molar-refractivity contribution in [2.75, 3.05) is 0 Å². The lowest BCUT2D eigenvalue weighted by molar-refractivity contribution is 0.100. The zero-order valence-electron chi connectivity index (χ0n) is 14.6. The van der Waals surface area contributed by atoms with Gasteiger partial charge in [-0.15, -0.1) is 0 Å². The first kappa shape index (κ1) is 16.7. The first-order valence-corrected chi connectivity index (χ1v) is 8.62. The van der Waals surface area contributed by atoms with Crippen molar-refractivity contribution in [2.24, 2.45) is 16.5 Å². The smallest absolute Gasteiger partial charge is 0.280 e. The van der Waals surface area contributed by atoms with Gasteiger partial charge in [0.2, 0.25) is 0 Å². The molecule has 0 radical (unpaired) electrons. The SMILES string of the molecule is NC(N)=NC(=O)c1ccc2c(c1)=C(c1cccc3cnccc13)C=CCC=2. The summed E-state index contributed by atoms with van der Waals surface area (Å²) in [6.45, 7) is 0. The number of nitrogens with zero attached hydrogens (tertiary/aromatic N) is 2. The third-order valence-corrected chi connectivity index (χ3v) is 4.55. The Morgan fingerprint density at radius 2 is 2.00 bits per heavy atom. The number of aromatic nitrogens is 1. The van der Waals surface area contributed by atoms with Crippen molar-refractivity contribution < 1.29 is 4.79 Å². The van der Waals surface area contributed by atoms with Crippen molar-refractivity contribution in [3.05, 3.63) is 88.6 Å². The molecule has 0 bridgehead atoms. The van der Waals surface area contributed by atoms with E-state index in [0.717, 1.165) is 38.8 Å². The van der Waals surface area contributed by atoms with Gasteiger partial charge in [-0.05, 0) is 51.6 Å². The van der Waals surface area contributed by atoms with Crippen LogP contribution >= 0.6 is 0 Å². The Morgan fingerprint density at radius 1 is 1.11 bits per heavy atom. The van der Waals surface area contributed by atoms with Crippen LogP contribution in [0.25, 0.3) is 22.4 Å². The maximum Gasteiger partial charge on any atom is 0.280 e. The number of hydrogen-bond donors (Lipinski definition) is 2. The van der Waals surface area contributed by atoms with Crippen LogP contribution in [0.2, 0.25) is 0 Å². The van der Waals surface area contributed by atoms with E-state index in [0.29, 0.717) is 5.56 Å². The van der Waals surface area contributed by atoms with Crippen LogP contribution in [0.1, 0.15) is 22.3 Å². The first-order valence-electron chi connectivity index (χ1n) is 8.62. The van der Waals surface area contributed by atoms with Crippen molar-refractivity contribution in [2.45, 2.75) is 6.42 Å². The minimum absolute atomic E-state index is 0.243. The number of allylic oxidation sites excluding steroid dienone is 2. The highest BCUT2D eigenvalue weighted by atomic mass is 16.1. The molecule has 0 atom stereocenters. The zero-order chi connectivity index (χ0) is 18.8. The molecule has 4 rings (SSSR count). The van der Waals surface area contributed by atoms with E-state index >= 15 is 0 Å². The minimum Gasteiger partial charge on any atom is -0.370 e. The van der Waals surface area contributed by atoms with Crippen LogP contribution in [0, 0.1) is 0 Å². The zero-order valence-corrected chi connectivity index (χ0v) is 14.6. The van der Waals surface area contributed by atoms with E-state index in [2.05, 4.69) is 34.3 Å². The van der Waals surface area contributed by atoms with Gasteiger partial charge in [-0.3, -0.25) is 9.78 Å². The van der Waals surface area contributed by atoms with Gasteiger partial charge >= 0.3 is 0 Å². The molecule has 4 N–H and O–H groups in total. The summed E-state index contributed by atoms with van der Waals surface area (Å²) in [5.74, 6) is -0.695. The molecule has 1 aromatic heterocycles. The molecule has 5 heteroatoms. The highest BCUT2D eigenvalue weighted by molar-refractivity contribution is 6.02. The van der Waals surface area contributed by atoms with Gasteiger partial charge in [0.15, 0.2) is 5.96 Å². The molecule has 1 aliphatic rings. The maximum atomic E-state index is 12.3. The number of guanidine groups is 1. The van der Waals surface area contributed by atoms with Gasteiger partial charge in [0.05, 0.1) is 0 Å². The lowest BCUT2D eigenvalue weighted by atomic mass is 9.96. The molecule has 5 nitrogen and oxygen atoms in total. The van der Waals surface area contributed by atoms with Crippen LogP contribution in [0.15, 0.2) is 72.0 Å². The quantitative estimate of drug-likeness (QED) is 0.540. The average Bonchev–Trinajstić information content (AvgIpc) is 2.89. The maximum absolute atomic E-state index is 12.3. The number of pyridine rings is 1. The predicted octanol–water partition coefficient (Wildman–Crippen LogP) is 1.59. The van der Waals surface area contributed by atoms with E-state index in [9.17, 15) is 4.79 Å². The van der Waals surface area contributed by atoms with E-state index < -0.39 is 5.91 Å². The van der Waals surface area contributed by atoms with Crippen LogP contribution in [-0.4, -0.2) is 16.9 Å². The van der Waals surface area contributed by atoms with Crippen molar-refractivity contribution >= 4 is 34.3 Å². The van der Waals surface area contributed by atoms with Crippen molar-refractivity contribution in [3.8, 4) is 0 Å². The topological polar surface area (TPSA) is 94.4 Å². The van der Waals surface area contributed by atoms with Gasteiger partial charge in [0.25, 0.3) is 5.91 Å². The van der Waals surface area contributed by atoms with E-state index in [1.54, 1.807) is 12.3 Å². The van der Waals surface area contributed by atoms with E-state index in [1.165, 1.54) is 0 Å². The summed E-state index contributed by atoms with van der Waals surface area (Å²) in [6, 6.07) is 13.7. The Bertz CT molecular complexity index is 1230. The van der Waals surface area contributed by atoms with Crippen LogP contribution in [0.5, 0.6) is 0 Å². The summed E-state index contributed by atoms with van der Waals surface area (Å²) in [7, 11) is 0. The van der Waals surface area contributed by atoms with Crippen molar-refractivity contribution in [1.29, 1.82) is 0 Å². The van der Waals surface area contributed by atoms with Gasteiger partial charge in [0, 0.05) is 23.3 Å². The third kappa shape index (κ3) is 3.22. The number of rotatable bonds is 2. The number of amides is 1. The fraction of sp³-hybridized carbons (Fsp3) is 0.0455. The number of aliphatic imine (C=N–C) groups is 1. The van der Waals surface area contributed by atoms with Gasteiger partial charge in [0.1, 0.15) is 0 Å². The fourth-order valence-electron chi connectivity index (χ4n) is 3.35. The molecule has 1 amide bonds. The van der Waals surface area contributed by atoms with Gasteiger partial charge in [-0.2, -0.15) is 4.99 Å². The molecule has 27 heavy (non-hydrogen) atoms. The Morgan fingerprint density at radius 3 is 2.85 bits per heavy atom. The van der Waals surface area contributed by atoms with Crippen molar-refractivity contribution in [1.82, 2.24) is 4.98 Å². The second kappa shape index (κ2) is 6.88. The molecule has 2 aromatic carbocycles. The molecular weight excluding hydrogens is 336 g/mol. The van der Waals surface area contributed by atoms with Crippen LogP contribution in [0.4, 0.5) is 0 Å². The normalized spacial score (nSPS) is 12.8. The fourth-order valence-corrected chi connectivity index (χ4v) is 3.35. The summed E-state index contributed by atoms with van der Waals surface area (Å²) in [5.41, 5.74) is 13.3. The largest absolute Gasteiger partial charge is 0.370 e. The van der Waals surface area contributed by atoms with Gasteiger partial charge < -0.3 is 11.5 Å². The molecule has 0 saturated carbocycles. The molecule has 0 unspecified atom stereocenters. The summed E-state index contributed by atoms with van der Waals surface area (Å²) in [4.78, 5) is 20.2. The number of hydrogen-bond acceptors (Lipinski definition) is 2. The average molecular weight is 354 g/mol. The Kier molecular flexibility index (Phi) is 4.26. The summed E-state index contributed by atoms with van der Waals surface area (Å²) < 4.78 is 0. The Labute approximate surface area is 156 Å².